The van der Waals surface area contributed by atoms with Crippen molar-refractivity contribution in [1.29, 1.82) is 0 Å². The number of fused-ring (bicyclic) bond motifs is 3. The van der Waals surface area contributed by atoms with Crippen molar-refractivity contribution < 1.29 is 91.5 Å². The van der Waals surface area contributed by atoms with Crippen molar-refractivity contribution in [3.63, 3.8) is 0 Å². The van der Waals surface area contributed by atoms with Crippen LogP contribution in [0.4, 0.5) is 14.4 Å². The van der Waals surface area contributed by atoms with Crippen LogP contribution in [0.5, 0.6) is 0 Å². The molecule has 6 saturated heterocycles. The lowest BCUT2D eigenvalue weighted by molar-refractivity contribution is -0.120. The SMILES string of the molecule is O=C(CCCC[C@@H]1SC[C@@H]2NC(=O)N[C@@H]21)CCCOCCOCCO.O=C(CCCC[C@@H]1SC[C@@H]2NC(=O)N[C@@H]21)CCCOCCOCCOCCO.O=C(CCCC[C@@H]1SC[C@@H]2NC(=O)N[C@@H]21)CCCOCCOCCOCCOCCOCCO. The standard InChI is InChI=1S/C23H42N2O8S.C19H34N2O6S.C17H30N2O5S/c26-7-9-30-11-13-32-15-17-33-16-14-31-12-10-29-8-3-5-19(27)4-1-2-6-21-22-20(18-34-21)24-23(28)25-22;22-7-9-26-11-13-27-12-10-25-8-3-5-15(23)4-1-2-6-17-18-16(14-28-17)20-19(24)21-18;20-7-9-24-11-10-23-8-3-5-13(21)4-1-2-6-15-16-14(12-25-15)18-17(22)19-16/h20-22,26H,1-18H2,(H2,24,25,28);16-18,22H,1-14H2,(H2,20,21,24);14-16,20H,1-12H2,(H2,18,19,22)/t20-,21-,22-;16-,17-,18-;14-,15-,16-/m000/s1. The Bertz CT molecular complexity index is 1850. The summed E-state index contributed by atoms with van der Waals surface area (Å²) in [5.41, 5.74) is 0. The number of Topliss-reactive ketones (excluding diaryl/α,β-unsaturated/α-hetero) is 3. The van der Waals surface area contributed by atoms with Gasteiger partial charge >= 0.3 is 18.1 Å². The lowest BCUT2D eigenvalue weighted by Gasteiger charge is -2.16. The Morgan fingerprint density at radius 3 is 0.770 bits per heavy atom. The van der Waals surface area contributed by atoms with E-state index in [1.54, 1.807) is 0 Å². The Balaban J connectivity index is 0.000000283. The van der Waals surface area contributed by atoms with Gasteiger partial charge in [0.1, 0.15) is 17.3 Å². The molecule has 6 rings (SSSR count). The number of unbranched alkanes of at least 4 members (excludes halogenated alkanes) is 3. The van der Waals surface area contributed by atoms with Crippen LogP contribution < -0.4 is 31.9 Å². The molecule has 9 atom stereocenters. The van der Waals surface area contributed by atoms with Gasteiger partial charge in [0.25, 0.3) is 0 Å². The van der Waals surface area contributed by atoms with E-state index >= 15 is 0 Å². The van der Waals surface area contributed by atoms with E-state index < -0.39 is 0 Å². The number of thioether (sulfide) groups is 3. The van der Waals surface area contributed by atoms with Gasteiger partial charge < -0.3 is 94.6 Å². The van der Waals surface area contributed by atoms with E-state index in [1.807, 2.05) is 35.3 Å². The molecular weight excluding hydrogens is 1190 g/mol. The highest BCUT2D eigenvalue weighted by Gasteiger charge is 2.44. The fourth-order valence-electron chi connectivity index (χ4n) is 10.5. The van der Waals surface area contributed by atoms with Gasteiger partial charge in [0.2, 0.25) is 0 Å². The first-order chi connectivity index (χ1) is 42.6. The molecular formula is C59H106N6O19S3. The molecule has 28 heteroatoms. The summed E-state index contributed by atoms with van der Waals surface area (Å²) >= 11 is 5.76. The maximum Gasteiger partial charge on any atom is 0.315 e. The molecule has 0 aliphatic carbocycles. The van der Waals surface area contributed by atoms with Gasteiger partial charge in [-0.25, -0.2) is 14.4 Å². The van der Waals surface area contributed by atoms with Crippen molar-refractivity contribution in [1.82, 2.24) is 31.9 Å². The normalized spacial score (nSPS) is 23.1. The zero-order chi connectivity index (χ0) is 62.2. The maximum absolute atomic E-state index is 12.0. The summed E-state index contributed by atoms with van der Waals surface area (Å²) in [5, 5.41) is 44.9. The van der Waals surface area contributed by atoms with Crippen molar-refractivity contribution in [2.45, 2.75) is 168 Å². The summed E-state index contributed by atoms with van der Waals surface area (Å²) < 4.78 is 53.0. The Morgan fingerprint density at radius 2 is 0.529 bits per heavy atom. The number of ketones is 3. The van der Waals surface area contributed by atoms with E-state index in [9.17, 15) is 28.8 Å². The molecule has 0 unspecified atom stereocenters. The van der Waals surface area contributed by atoms with E-state index in [1.165, 1.54) is 0 Å². The van der Waals surface area contributed by atoms with Gasteiger partial charge in [-0.2, -0.15) is 35.3 Å². The first-order valence-corrected chi connectivity index (χ1v) is 35.0. The Labute approximate surface area is 528 Å². The van der Waals surface area contributed by atoms with E-state index in [0.717, 1.165) is 94.3 Å². The fraction of sp³-hybridized carbons (Fsp3) is 0.898. The molecule has 87 heavy (non-hydrogen) atoms. The monoisotopic (exact) mass is 1300 g/mol. The van der Waals surface area contributed by atoms with Gasteiger partial charge in [-0.1, -0.05) is 19.3 Å². The van der Waals surface area contributed by atoms with Gasteiger partial charge in [0.05, 0.1) is 168 Å². The second-order valence-electron chi connectivity index (χ2n) is 21.8. The van der Waals surface area contributed by atoms with Crippen molar-refractivity contribution in [3.05, 3.63) is 0 Å². The molecule has 504 valence electrons. The molecule has 6 heterocycles. The smallest absolute Gasteiger partial charge is 0.315 e. The van der Waals surface area contributed by atoms with E-state index in [4.69, 9.17) is 62.7 Å². The van der Waals surface area contributed by atoms with Crippen LogP contribution in [-0.4, -0.2) is 272 Å². The van der Waals surface area contributed by atoms with Crippen LogP contribution in [0.1, 0.15) is 116 Å². The van der Waals surface area contributed by atoms with Gasteiger partial charge in [-0.3, -0.25) is 14.4 Å². The van der Waals surface area contributed by atoms with Crippen LogP contribution >= 0.6 is 35.3 Å². The van der Waals surface area contributed by atoms with Gasteiger partial charge in [-0.15, -0.1) is 0 Å². The number of hydrogen-bond donors (Lipinski definition) is 9. The molecule has 9 N–H and O–H groups in total. The number of aliphatic hydroxyl groups is 3. The first-order valence-electron chi connectivity index (χ1n) is 31.8. The second kappa shape index (κ2) is 50.9. The third-order valence-electron chi connectivity index (χ3n) is 14.9. The number of hydrogen-bond acceptors (Lipinski definition) is 22. The van der Waals surface area contributed by atoms with Crippen molar-refractivity contribution in [2.75, 3.05) is 169 Å². The number of urea groups is 3. The topological polar surface area (TPSA) is 328 Å². The largest absolute Gasteiger partial charge is 0.394 e. The number of rotatable bonds is 54. The highest BCUT2D eigenvalue weighted by atomic mass is 32.2. The maximum atomic E-state index is 12.0. The molecule has 0 spiro atoms. The van der Waals surface area contributed by atoms with Gasteiger partial charge in [0, 0.05) is 91.4 Å². The first kappa shape index (κ1) is 76.8. The lowest BCUT2D eigenvalue weighted by Crippen LogP contribution is -2.36. The molecule has 6 fully saturated rings. The lowest BCUT2D eigenvalue weighted by atomic mass is 10.0. The van der Waals surface area contributed by atoms with Crippen LogP contribution in [0.2, 0.25) is 0 Å². The van der Waals surface area contributed by atoms with Crippen LogP contribution in [0.3, 0.4) is 0 Å². The summed E-state index contributed by atoms with van der Waals surface area (Å²) in [6.07, 6.45) is 14.8. The number of carbonyl (C=O) groups excluding carboxylic acids is 6. The highest BCUT2D eigenvalue weighted by molar-refractivity contribution is 8.00. The number of aliphatic hydroxyl groups excluding tert-OH is 3. The average molecular weight is 1300 g/mol. The van der Waals surface area contributed by atoms with Crippen molar-refractivity contribution in [2.24, 2.45) is 0 Å². The van der Waals surface area contributed by atoms with Crippen molar-refractivity contribution >= 4 is 70.7 Å². The molecule has 0 radical (unpaired) electrons. The van der Waals surface area contributed by atoms with E-state index in [0.29, 0.717) is 204 Å². The van der Waals surface area contributed by atoms with Gasteiger partial charge in [0.15, 0.2) is 0 Å². The minimum Gasteiger partial charge on any atom is -0.394 e. The minimum absolute atomic E-state index is 0.0257. The fourth-order valence-corrected chi connectivity index (χ4v) is 15.1. The zero-order valence-electron chi connectivity index (χ0n) is 51.4. The van der Waals surface area contributed by atoms with Crippen LogP contribution in [0.25, 0.3) is 0 Å². The molecule has 0 saturated carbocycles. The van der Waals surface area contributed by atoms with Crippen LogP contribution in [0, 0.1) is 0 Å². The predicted molar refractivity (Wildman–Crippen MR) is 334 cm³/mol. The molecule has 6 aliphatic heterocycles. The molecule has 0 aromatic carbocycles. The minimum atomic E-state index is -0.0473. The summed E-state index contributed by atoms with van der Waals surface area (Å²) in [4.78, 5) is 69.9. The molecule has 25 nitrogen and oxygen atoms in total. The Morgan fingerprint density at radius 1 is 0.310 bits per heavy atom. The number of amides is 6. The number of ether oxygens (including phenoxy) is 10. The number of carbonyl (C=O) groups is 6. The van der Waals surface area contributed by atoms with E-state index in [-0.39, 0.29) is 74.2 Å². The van der Waals surface area contributed by atoms with Crippen LogP contribution in [0.15, 0.2) is 0 Å². The Kier molecular flexibility index (Phi) is 45.0. The summed E-state index contributed by atoms with van der Waals surface area (Å²) in [6.45, 7) is 9.77. The highest BCUT2D eigenvalue weighted by Crippen LogP contribution is 2.35. The average Bonchev–Trinajstić information content (AvgIpc) is 1.98. The molecule has 6 amide bonds. The molecule has 0 aromatic rings. The third kappa shape index (κ3) is 36.3. The molecule has 0 aromatic heterocycles. The zero-order valence-corrected chi connectivity index (χ0v) is 53.9. The van der Waals surface area contributed by atoms with E-state index in [2.05, 4.69) is 31.9 Å². The number of nitrogens with one attached hydrogen (secondary N) is 6. The molecule has 0 bridgehead atoms. The summed E-state index contributed by atoms with van der Waals surface area (Å²) in [6, 6.07) is 1.43. The van der Waals surface area contributed by atoms with Gasteiger partial charge in [-0.05, 0) is 57.8 Å². The predicted octanol–water partition coefficient (Wildman–Crippen LogP) is 3.33. The second-order valence-corrected chi connectivity index (χ2v) is 25.6. The summed E-state index contributed by atoms with van der Waals surface area (Å²) in [5.74, 6) is 3.84. The third-order valence-corrected chi connectivity index (χ3v) is 19.5. The summed E-state index contributed by atoms with van der Waals surface area (Å²) in [7, 11) is 0. The Hall–Kier alpha value is -2.65. The van der Waals surface area contributed by atoms with Crippen LogP contribution in [-0.2, 0) is 61.8 Å². The molecule has 6 aliphatic rings. The quantitative estimate of drug-likeness (QED) is 0.0312. The van der Waals surface area contributed by atoms with Crippen molar-refractivity contribution in [3.8, 4) is 0 Å².